The highest BCUT2D eigenvalue weighted by Crippen LogP contribution is 2.35. The van der Waals surface area contributed by atoms with Gasteiger partial charge < -0.3 is 15.5 Å². The van der Waals surface area contributed by atoms with E-state index >= 15 is 0 Å². The number of urea groups is 1. The van der Waals surface area contributed by atoms with Crippen LogP contribution in [0.15, 0.2) is 35.4 Å². The number of aromatic nitrogens is 1. The number of likely N-dealkylation sites (tertiary alicyclic amines) is 1. The average molecular weight is 495 g/mol. The minimum Gasteiger partial charge on any atom is -0.338 e. The maximum absolute atomic E-state index is 13.3. The van der Waals surface area contributed by atoms with Gasteiger partial charge in [-0.25, -0.2) is 18.2 Å². The first-order valence-corrected chi connectivity index (χ1v) is 13.4. The number of carbonyl (C=O) groups excluding carboxylic acids is 2. The van der Waals surface area contributed by atoms with Gasteiger partial charge in [-0.05, 0) is 56.2 Å². The van der Waals surface area contributed by atoms with Crippen LogP contribution in [-0.4, -0.2) is 55.1 Å². The highest BCUT2D eigenvalue weighted by atomic mass is 32.2. The summed E-state index contributed by atoms with van der Waals surface area (Å²) >= 11 is 0.747. The van der Waals surface area contributed by atoms with E-state index in [-0.39, 0.29) is 33.1 Å². The minimum atomic E-state index is -3.32. The lowest BCUT2D eigenvalue weighted by atomic mass is 9.87. The Bertz CT molecular complexity index is 1120. The molecule has 1 aromatic carbocycles. The van der Waals surface area contributed by atoms with Crippen molar-refractivity contribution in [3.8, 4) is 0 Å². The quantitative estimate of drug-likeness (QED) is 0.585. The molecule has 1 aliphatic carbocycles. The second kappa shape index (κ2) is 9.76. The number of hydrogen-bond donors (Lipinski definition) is 2. The molecule has 11 heteroatoms. The van der Waals surface area contributed by atoms with Crippen LogP contribution in [0.4, 0.5) is 14.3 Å². The lowest BCUT2D eigenvalue weighted by molar-refractivity contribution is -0.118. The standard InChI is InChI=1S/C22H27FN4O4S2/c1-2-24-22(29)27-10-9-14(13-27)11-18(20(28)26-21-25-12-19(23)32-21)15-3-5-16(6-4-15)33(30,31)17-7-8-17/h3-6,12,14,17-18H,2,7-11,13H2,1H3,(H,24,29)(H,25,26,28)/t14-,18-/m1/s1. The number of benzene rings is 1. The zero-order valence-corrected chi connectivity index (χ0v) is 19.9. The summed E-state index contributed by atoms with van der Waals surface area (Å²) in [5, 5.41) is 4.85. The number of carbonyl (C=O) groups is 2. The molecular formula is C22H27FN4O4S2. The second-order valence-electron chi connectivity index (χ2n) is 8.50. The third-order valence-electron chi connectivity index (χ3n) is 6.07. The van der Waals surface area contributed by atoms with E-state index in [1.807, 2.05) is 6.92 Å². The molecular weight excluding hydrogens is 467 g/mol. The van der Waals surface area contributed by atoms with Crippen molar-refractivity contribution in [1.29, 1.82) is 0 Å². The molecule has 178 valence electrons. The van der Waals surface area contributed by atoms with Crippen LogP contribution in [0.2, 0.25) is 0 Å². The molecule has 2 N–H and O–H groups in total. The molecule has 0 spiro atoms. The lowest BCUT2D eigenvalue weighted by Crippen LogP contribution is -2.38. The number of rotatable bonds is 8. The first kappa shape index (κ1) is 23.6. The Kier molecular flexibility index (Phi) is 6.99. The Morgan fingerprint density at radius 3 is 2.58 bits per heavy atom. The summed E-state index contributed by atoms with van der Waals surface area (Å²) in [5.41, 5.74) is 0.677. The summed E-state index contributed by atoms with van der Waals surface area (Å²) in [6.45, 7) is 3.56. The van der Waals surface area contributed by atoms with Gasteiger partial charge in [0, 0.05) is 19.6 Å². The van der Waals surface area contributed by atoms with Crippen LogP contribution in [0, 0.1) is 11.0 Å². The van der Waals surface area contributed by atoms with Crippen molar-refractivity contribution < 1.29 is 22.4 Å². The summed E-state index contributed by atoms with van der Waals surface area (Å²) < 4.78 is 38.4. The molecule has 0 bridgehead atoms. The van der Waals surface area contributed by atoms with E-state index < -0.39 is 20.9 Å². The average Bonchev–Trinajstić information content (AvgIpc) is 3.43. The van der Waals surface area contributed by atoms with Gasteiger partial charge in [0.1, 0.15) is 0 Å². The highest BCUT2D eigenvalue weighted by Gasteiger charge is 2.37. The van der Waals surface area contributed by atoms with Crippen LogP contribution in [0.25, 0.3) is 0 Å². The maximum atomic E-state index is 13.3. The fraction of sp³-hybridized carbons (Fsp3) is 0.500. The topological polar surface area (TPSA) is 108 Å². The van der Waals surface area contributed by atoms with Gasteiger partial charge in [-0.3, -0.25) is 4.79 Å². The van der Waals surface area contributed by atoms with E-state index in [9.17, 15) is 22.4 Å². The minimum absolute atomic E-state index is 0.103. The van der Waals surface area contributed by atoms with Crippen molar-refractivity contribution >= 4 is 38.2 Å². The summed E-state index contributed by atoms with van der Waals surface area (Å²) in [4.78, 5) is 31.2. The molecule has 2 fully saturated rings. The number of halogens is 1. The number of nitrogens with one attached hydrogen (secondary N) is 2. The molecule has 1 saturated carbocycles. The molecule has 1 aromatic heterocycles. The van der Waals surface area contributed by atoms with Crippen molar-refractivity contribution in [3.05, 3.63) is 41.2 Å². The molecule has 3 amide bonds. The lowest BCUT2D eigenvalue weighted by Gasteiger charge is -2.21. The fourth-order valence-corrected chi connectivity index (χ4v) is 6.37. The van der Waals surface area contributed by atoms with Gasteiger partial charge in [0.05, 0.1) is 22.3 Å². The van der Waals surface area contributed by atoms with Crippen molar-refractivity contribution in [2.24, 2.45) is 5.92 Å². The Hall–Kier alpha value is -2.53. The monoisotopic (exact) mass is 494 g/mol. The Balaban J connectivity index is 1.52. The number of amides is 3. The van der Waals surface area contributed by atoms with E-state index in [2.05, 4.69) is 15.6 Å². The molecule has 0 unspecified atom stereocenters. The SMILES string of the molecule is CCNC(=O)N1CC[C@H](C[C@@H](C(=O)Nc2ncc(F)s2)c2ccc(S(=O)(=O)C3CC3)cc2)C1. The van der Waals surface area contributed by atoms with Crippen molar-refractivity contribution in [2.75, 3.05) is 25.0 Å². The molecule has 4 rings (SSSR count). The number of thiazole rings is 1. The predicted octanol–water partition coefficient (Wildman–Crippen LogP) is 3.38. The second-order valence-corrected chi connectivity index (χ2v) is 11.7. The molecule has 2 aromatic rings. The van der Waals surface area contributed by atoms with Crippen molar-refractivity contribution in [1.82, 2.24) is 15.2 Å². The summed E-state index contributed by atoms with van der Waals surface area (Å²) in [6, 6.07) is 6.36. The van der Waals surface area contributed by atoms with Crippen LogP contribution < -0.4 is 10.6 Å². The van der Waals surface area contributed by atoms with E-state index in [1.165, 1.54) is 0 Å². The van der Waals surface area contributed by atoms with Crippen LogP contribution in [0.5, 0.6) is 0 Å². The number of anilines is 1. The van der Waals surface area contributed by atoms with Crippen molar-refractivity contribution in [2.45, 2.75) is 48.7 Å². The van der Waals surface area contributed by atoms with Gasteiger partial charge in [0.15, 0.2) is 20.1 Å². The van der Waals surface area contributed by atoms with E-state index in [0.717, 1.165) is 24.0 Å². The smallest absolute Gasteiger partial charge is 0.317 e. The van der Waals surface area contributed by atoms with Gasteiger partial charge >= 0.3 is 6.03 Å². The molecule has 33 heavy (non-hydrogen) atoms. The van der Waals surface area contributed by atoms with E-state index in [4.69, 9.17) is 0 Å². The molecule has 2 aliphatic rings. The summed E-state index contributed by atoms with van der Waals surface area (Å²) in [7, 11) is -3.32. The first-order chi connectivity index (χ1) is 15.8. The van der Waals surface area contributed by atoms with Crippen LogP contribution in [0.3, 0.4) is 0 Å². The van der Waals surface area contributed by atoms with Crippen LogP contribution in [-0.2, 0) is 14.6 Å². The van der Waals surface area contributed by atoms with Crippen molar-refractivity contribution in [3.63, 3.8) is 0 Å². The van der Waals surface area contributed by atoms with E-state index in [1.54, 1.807) is 29.2 Å². The Morgan fingerprint density at radius 2 is 1.97 bits per heavy atom. The van der Waals surface area contributed by atoms with Gasteiger partial charge in [-0.1, -0.05) is 23.5 Å². The molecule has 0 radical (unpaired) electrons. The molecule has 2 atom stereocenters. The fourth-order valence-electron chi connectivity index (χ4n) is 4.17. The maximum Gasteiger partial charge on any atom is 0.317 e. The molecule has 1 aliphatic heterocycles. The van der Waals surface area contributed by atoms with Crippen LogP contribution in [0.1, 0.15) is 44.1 Å². The number of sulfone groups is 1. The predicted molar refractivity (Wildman–Crippen MR) is 123 cm³/mol. The third kappa shape index (κ3) is 5.52. The molecule has 8 nitrogen and oxygen atoms in total. The van der Waals surface area contributed by atoms with Gasteiger partial charge in [0.25, 0.3) is 0 Å². The summed E-state index contributed by atoms with van der Waals surface area (Å²) in [5.74, 6) is -0.821. The van der Waals surface area contributed by atoms with Gasteiger partial charge in [0.2, 0.25) is 5.91 Å². The van der Waals surface area contributed by atoms with Gasteiger partial charge in [-0.15, -0.1) is 0 Å². The largest absolute Gasteiger partial charge is 0.338 e. The van der Waals surface area contributed by atoms with E-state index in [0.29, 0.717) is 44.5 Å². The normalized spacial score (nSPS) is 19.3. The third-order valence-corrected chi connectivity index (χ3v) is 9.05. The number of hydrogen-bond acceptors (Lipinski definition) is 6. The number of nitrogens with zero attached hydrogens (tertiary/aromatic N) is 2. The molecule has 1 saturated heterocycles. The molecule has 2 heterocycles. The van der Waals surface area contributed by atoms with Gasteiger partial charge in [-0.2, -0.15) is 4.39 Å². The zero-order chi connectivity index (χ0) is 23.6. The first-order valence-electron chi connectivity index (χ1n) is 11.1. The van der Waals surface area contributed by atoms with Crippen LogP contribution >= 0.6 is 11.3 Å². The Morgan fingerprint density at radius 1 is 1.24 bits per heavy atom. The Labute approximate surface area is 196 Å². The summed E-state index contributed by atoms with van der Waals surface area (Å²) in [6.07, 6.45) is 3.66. The zero-order valence-electron chi connectivity index (χ0n) is 18.3. The highest BCUT2D eigenvalue weighted by molar-refractivity contribution is 7.92.